The number of amides is 1. The number of non-ortho nitro benzene ring substituents is 1. The Balaban J connectivity index is 1.93. The molecular weight excluding hydrogens is 405 g/mol. The van der Waals surface area contributed by atoms with E-state index in [-0.39, 0.29) is 28.2 Å². The van der Waals surface area contributed by atoms with Crippen LogP contribution in [-0.2, 0) is 9.59 Å². The van der Waals surface area contributed by atoms with Crippen LogP contribution in [0.3, 0.4) is 0 Å². The summed E-state index contributed by atoms with van der Waals surface area (Å²) in [4.78, 5) is 41.2. The van der Waals surface area contributed by atoms with E-state index in [1.807, 2.05) is 0 Å². The van der Waals surface area contributed by atoms with E-state index in [0.29, 0.717) is 0 Å². The summed E-state index contributed by atoms with van der Waals surface area (Å²) < 4.78 is 14.7. The van der Waals surface area contributed by atoms with Crippen molar-refractivity contribution < 1.29 is 24.0 Å². The maximum Gasteiger partial charge on any atom is 0.301 e. The van der Waals surface area contributed by atoms with Crippen molar-refractivity contribution in [3.8, 4) is 0 Å². The number of benzene rings is 2. The smallest absolute Gasteiger partial charge is 0.301 e. The van der Waals surface area contributed by atoms with Gasteiger partial charge in [0.1, 0.15) is 17.4 Å². The number of nitro groups is 1. The third kappa shape index (κ3) is 3.42. The fourth-order valence-corrected chi connectivity index (χ4v) is 3.45. The van der Waals surface area contributed by atoms with E-state index in [4.69, 9.17) is 0 Å². The Kier molecular flexibility index (Phi) is 5.00. The van der Waals surface area contributed by atoms with Crippen molar-refractivity contribution in [2.45, 2.75) is 6.04 Å². The predicted octanol–water partition coefficient (Wildman–Crippen LogP) is 3.76. The number of anilines is 1. The molecule has 2 heterocycles. The summed E-state index contributed by atoms with van der Waals surface area (Å²) in [6.07, 6.45) is 1.42. The SMILES string of the molecule is O=C1C(=O)N(c2ccccn2)C(c2ccccc2F)/C1=C(/O)c1ccc([N+](=O)[O-])cc1. The van der Waals surface area contributed by atoms with Crippen molar-refractivity contribution in [1.29, 1.82) is 0 Å². The van der Waals surface area contributed by atoms with Gasteiger partial charge in [0.05, 0.1) is 16.5 Å². The van der Waals surface area contributed by atoms with Gasteiger partial charge in [-0.2, -0.15) is 0 Å². The molecule has 1 atom stereocenters. The molecule has 4 rings (SSSR count). The number of nitro benzene ring substituents is 1. The first kappa shape index (κ1) is 19.9. The molecule has 0 saturated carbocycles. The zero-order valence-corrected chi connectivity index (χ0v) is 15.8. The number of aliphatic hydroxyl groups excluding tert-OH is 1. The van der Waals surface area contributed by atoms with Crippen molar-refractivity contribution >= 4 is 29.0 Å². The zero-order valence-electron chi connectivity index (χ0n) is 15.8. The number of hydrogen-bond donors (Lipinski definition) is 1. The van der Waals surface area contributed by atoms with Crippen LogP contribution >= 0.6 is 0 Å². The van der Waals surface area contributed by atoms with Crippen molar-refractivity contribution in [3.05, 3.63) is 106 Å². The van der Waals surface area contributed by atoms with Crippen LogP contribution in [0.25, 0.3) is 5.76 Å². The Hall–Kier alpha value is -4.40. The van der Waals surface area contributed by atoms with E-state index in [9.17, 15) is 29.2 Å². The Bertz CT molecular complexity index is 1230. The van der Waals surface area contributed by atoms with Crippen molar-refractivity contribution in [3.63, 3.8) is 0 Å². The number of hydrogen-bond acceptors (Lipinski definition) is 6. The number of rotatable bonds is 4. The molecule has 2 aromatic carbocycles. The maximum atomic E-state index is 14.7. The van der Waals surface area contributed by atoms with Crippen LogP contribution < -0.4 is 4.90 Å². The number of carbonyl (C=O) groups is 2. The molecule has 1 aliphatic heterocycles. The number of aliphatic hydroxyl groups is 1. The number of carbonyl (C=O) groups excluding carboxylic acids is 2. The summed E-state index contributed by atoms with van der Waals surface area (Å²) in [7, 11) is 0. The average Bonchev–Trinajstić information content (AvgIpc) is 3.04. The fourth-order valence-electron chi connectivity index (χ4n) is 3.45. The Labute approximate surface area is 175 Å². The number of halogens is 1. The van der Waals surface area contributed by atoms with E-state index < -0.39 is 34.2 Å². The number of aromatic nitrogens is 1. The van der Waals surface area contributed by atoms with Gasteiger partial charge in [0.15, 0.2) is 0 Å². The topological polar surface area (TPSA) is 114 Å². The summed E-state index contributed by atoms with van der Waals surface area (Å²) >= 11 is 0. The first-order chi connectivity index (χ1) is 14.9. The van der Waals surface area contributed by atoms with E-state index >= 15 is 0 Å². The molecule has 9 heteroatoms. The molecule has 1 amide bonds. The second-order valence-corrected chi connectivity index (χ2v) is 6.68. The summed E-state index contributed by atoms with van der Waals surface area (Å²) in [6, 6.07) is 13.8. The minimum atomic E-state index is -1.27. The molecule has 31 heavy (non-hydrogen) atoms. The second kappa shape index (κ2) is 7.79. The number of ketones is 1. The van der Waals surface area contributed by atoms with Gasteiger partial charge >= 0.3 is 5.91 Å². The lowest BCUT2D eigenvalue weighted by atomic mass is 9.95. The number of pyridine rings is 1. The van der Waals surface area contributed by atoms with Crippen LogP contribution in [0.1, 0.15) is 17.2 Å². The van der Waals surface area contributed by atoms with E-state index in [2.05, 4.69) is 4.98 Å². The molecule has 0 spiro atoms. The van der Waals surface area contributed by atoms with Gasteiger partial charge in [-0.3, -0.25) is 24.6 Å². The van der Waals surface area contributed by atoms with Gasteiger partial charge in [-0.1, -0.05) is 24.3 Å². The summed E-state index contributed by atoms with van der Waals surface area (Å²) in [5, 5.41) is 21.8. The number of Topliss-reactive ketones (excluding diaryl/α,β-unsaturated/α-hetero) is 1. The van der Waals surface area contributed by atoms with Gasteiger partial charge in [-0.25, -0.2) is 9.37 Å². The Morgan fingerprint density at radius 1 is 1.03 bits per heavy atom. The van der Waals surface area contributed by atoms with Gasteiger partial charge in [0.2, 0.25) is 0 Å². The lowest BCUT2D eigenvalue weighted by molar-refractivity contribution is -0.384. The predicted molar refractivity (Wildman–Crippen MR) is 109 cm³/mol. The van der Waals surface area contributed by atoms with Crippen LogP contribution in [0.2, 0.25) is 0 Å². The molecule has 1 fully saturated rings. The van der Waals surface area contributed by atoms with Crippen LogP contribution in [-0.4, -0.2) is 26.7 Å². The van der Waals surface area contributed by atoms with Gasteiger partial charge in [0, 0.05) is 29.5 Å². The summed E-state index contributed by atoms with van der Waals surface area (Å²) in [5.74, 6) is -3.13. The molecule has 0 aliphatic carbocycles. The molecule has 1 unspecified atom stereocenters. The molecule has 154 valence electrons. The Morgan fingerprint density at radius 2 is 1.71 bits per heavy atom. The van der Waals surface area contributed by atoms with Crippen LogP contribution in [0.15, 0.2) is 78.5 Å². The monoisotopic (exact) mass is 419 g/mol. The average molecular weight is 419 g/mol. The van der Waals surface area contributed by atoms with E-state index in [0.717, 1.165) is 17.0 Å². The second-order valence-electron chi connectivity index (χ2n) is 6.68. The minimum Gasteiger partial charge on any atom is -0.507 e. The van der Waals surface area contributed by atoms with Gasteiger partial charge in [-0.05, 0) is 30.3 Å². The van der Waals surface area contributed by atoms with Crippen molar-refractivity contribution in [2.24, 2.45) is 0 Å². The highest BCUT2D eigenvalue weighted by atomic mass is 19.1. The quantitative estimate of drug-likeness (QED) is 0.226. The fraction of sp³-hybridized carbons (Fsp3) is 0.0455. The highest BCUT2D eigenvalue weighted by Gasteiger charge is 2.48. The standard InChI is InChI=1S/C22H14FN3O5/c23-16-6-2-1-5-15(16)19-18(20(27)13-8-10-14(11-9-13)26(30)31)21(28)22(29)25(19)17-7-3-4-12-24-17/h1-12,19,27H/b20-18-. The zero-order chi connectivity index (χ0) is 22.1. The third-order valence-electron chi connectivity index (χ3n) is 4.89. The van der Waals surface area contributed by atoms with Crippen LogP contribution in [0, 0.1) is 15.9 Å². The molecule has 1 aromatic heterocycles. The molecule has 0 radical (unpaired) electrons. The lowest BCUT2D eigenvalue weighted by Gasteiger charge is -2.24. The highest BCUT2D eigenvalue weighted by molar-refractivity contribution is 6.51. The largest absolute Gasteiger partial charge is 0.507 e. The molecule has 0 bridgehead atoms. The molecule has 8 nitrogen and oxygen atoms in total. The Morgan fingerprint density at radius 3 is 2.32 bits per heavy atom. The van der Waals surface area contributed by atoms with Crippen LogP contribution in [0.4, 0.5) is 15.9 Å². The molecule has 3 aromatic rings. The first-order valence-corrected chi connectivity index (χ1v) is 9.11. The van der Waals surface area contributed by atoms with Gasteiger partial charge in [0.25, 0.3) is 11.5 Å². The van der Waals surface area contributed by atoms with E-state index in [1.54, 1.807) is 18.2 Å². The first-order valence-electron chi connectivity index (χ1n) is 9.11. The summed E-state index contributed by atoms with van der Waals surface area (Å²) in [6.45, 7) is 0. The highest BCUT2D eigenvalue weighted by Crippen LogP contribution is 2.42. The van der Waals surface area contributed by atoms with E-state index in [1.165, 1.54) is 42.6 Å². The minimum absolute atomic E-state index is 0.00388. The normalized spacial score (nSPS) is 17.7. The summed E-state index contributed by atoms with van der Waals surface area (Å²) in [5.41, 5.74) is -0.479. The van der Waals surface area contributed by atoms with Crippen LogP contribution in [0.5, 0.6) is 0 Å². The maximum absolute atomic E-state index is 14.7. The van der Waals surface area contributed by atoms with Crippen molar-refractivity contribution in [1.82, 2.24) is 4.98 Å². The lowest BCUT2D eigenvalue weighted by Crippen LogP contribution is -2.30. The molecule has 1 N–H and O–H groups in total. The number of nitrogens with zero attached hydrogens (tertiary/aromatic N) is 3. The third-order valence-corrected chi connectivity index (χ3v) is 4.89. The van der Waals surface area contributed by atoms with Crippen molar-refractivity contribution in [2.75, 3.05) is 4.90 Å². The molecule has 1 saturated heterocycles. The van der Waals surface area contributed by atoms with Gasteiger partial charge < -0.3 is 5.11 Å². The van der Waals surface area contributed by atoms with Gasteiger partial charge in [-0.15, -0.1) is 0 Å². The molecular formula is C22H14FN3O5. The molecule has 1 aliphatic rings.